The van der Waals surface area contributed by atoms with Crippen LogP contribution >= 0.6 is 0 Å². The summed E-state index contributed by atoms with van der Waals surface area (Å²) in [6.07, 6.45) is 14.0. The van der Waals surface area contributed by atoms with E-state index in [0.717, 1.165) is 19.4 Å². The highest BCUT2D eigenvalue weighted by Gasteiger charge is 2.32. The molecule has 1 saturated carbocycles. The van der Waals surface area contributed by atoms with Crippen molar-refractivity contribution in [3.63, 3.8) is 0 Å². The molecule has 1 aliphatic rings. The molecular weight excluding hydrogens is 272 g/mol. The second-order valence-electron chi connectivity index (χ2n) is 6.73. The molecule has 3 nitrogen and oxygen atoms in total. The average Bonchev–Trinajstić information content (AvgIpc) is 3.27. The first-order chi connectivity index (χ1) is 10.7. The van der Waals surface area contributed by atoms with Gasteiger partial charge in [-0.25, -0.2) is 0 Å². The monoisotopic (exact) mass is 304 g/mol. The van der Waals surface area contributed by atoms with E-state index in [9.17, 15) is 4.79 Å². The molecule has 0 bridgehead atoms. The Morgan fingerprint density at radius 3 is 2.45 bits per heavy atom. The Hall–Kier alpha value is -1.25. The molecule has 0 radical (unpaired) electrons. The molecule has 0 aliphatic heterocycles. The third kappa shape index (κ3) is 5.51. The fourth-order valence-corrected chi connectivity index (χ4v) is 3.02. The highest BCUT2D eigenvalue weighted by Crippen LogP contribution is 2.29. The molecule has 1 aromatic heterocycles. The predicted molar refractivity (Wildman–Crippen MR) is 91.6 cm³/mol. The lowest BCUT2D eigenvalue weighted by Gasteiger charge is -2.23. The van der Waals surface area contributed by atoms with Crippen LogP contribution in [0.5, 0.6) is 0 Å². The number of hydrogen-bond donors (Lipinski definition) is 0. The lowest BCUT2D eigenvalue weighted by Crippen LogP contribution is -2.33. The van der Waals surface area contributed by atoms with Gasteiger partial charge in [-0.05, 0) is 31.4 Å². The highest BCUT2D eigenvalue weighted by molar-refractivity contribution is 5.76. The van der Waals surface area contributed by atoms with Crippen LogP contribution in [-0.2, 0) is 18.4 Å². The second-order valence-corrected chi connectivity index (χ2v) is 6.73. The molecule has 0 saturated heterocycles. The average molecular weight is 304 g/mol. The minimum Gasteiger partial charge on any atom is -0.353 e. The zero-order valence-electron chi connectivity index (χ0n) is 14.4. The molecule has 2 rings (SSSR count). The van der Waals surface area contributed by atoms with E-state index in [1.807, 2.05) is 0 Å². The van der Waals surface area contributed by atoms with Gasteiger partial charge in [0.05, 0.1) is 6.54 Å². The van der Waals surface area contributed by atoms with Crippen LogP contribution in [0, 0.1) is 0 Å². The third-order valence-electron chi connectivity index (χ3n) is 4.69. The van der Waals surface area contributed by atoms with E-state index in [1.165, 1.54) is 57.1 Å². The fraction of sp³-hybridized carbons (Fsp3) is 0.737. The van der Waals surface area contributed by atoms with Gasteiger partial charge in [0.15, 0.2) is 0 Å². The Kier molecular flexibility index (Phi) is 7.01. The van der Waals surface area contributed by atoms with Crippen molar-refractivity contribution >= 4 is 5.91 Å². The number of unbranched alkanes of at least 4 members (excludes halogenated alkanes) is 6. The van der Waals surface area contributed by atoms with Gasteiger partial charge in [0.25, 0.3) is 0 Å². The molecule has 1 aliphatic carbocycles. The van der Waals surface area contributed by atoms with Crippen molar-refractivity contribution in [3.8, 4) is 0 Å². The molecule has 0 unspecified atom stereocenters. The van der Waals surface area contributed by atoms with Gasteiger partial charge < -0.3 is 9.47 Å². The quantitative estimate of drug-likeness (QED) is 0.546. The molecule has 22 heavy (non-hydrogen) atoms. The van der Waals surface area contributed by atoms with E-state index < -0.39 is 0 Å². The predicted octanol–water partition coefficient (Wildman–Crippen LogP) is 4.66. The van der Waals surface area contributed by atoms with Crippen molar-refractivity contribution in [2.45, 2.75) is 83.7 Å². The van der Waals surface area contributed by atoms with Gasteiger partial charge in [-0.2, -0.15) is 0 Å². The Morgan fingerprint density at radius 1 is 1.18 bits per heavy atom. The topological polar surface area (TPSA) is 25.2 Å². The third-order valence-corrected chi connectivity index (χ3v) is 4.69. The summed E-state index contributed by atoms with van der Waals surface area (Å²) in [5, 5.41) is 0. The van der Waals surface area contributed by atoms with Crippen LogP contribution in [0.1, 0.15) is 76.8 Å². The van der Waals surface area contributed by atoms with Gasteiger partial charge in [0.2, 0.25) is 5.91 Å². The summed E-state index contributed by atoms with van der Waals surface area (Å²) in [4.78, 5) is 14.6. The zero-order chi connectivity index (χ0) is 15.8. The number of amides is 1. The number of nitrogens with zero attached hydrogens (tertiary/aromatic N) is 2. The second kappa shape index (κ2) is 9.02. The van der Waals surface area contributed by atoms with Crippen LogP contribution in [0.25, 0.3) is 0 Å². The fourth-order valence-electron chi connectivity index (χ4n) is 3.02. The van der Waals surface area contributed by atoms with Crippen LogP contribution in [0.4, 0.5) is 0 Å². The summed E-state index contributed by atoms with van der Waals surface area (Å²) >= 11 is 0. The first-order valence-corrected chi connectivity index (χ1v) is 9.12. The number of rotatable bonds is 11. The number of carbonyl (C=O) groups is 1. The molecule has 1 amide bonds. The molecule has 3 heteroatoms. The lowest BCUT2D eigenvalue weighted by molar-refractivity contribution is -0.132. The van der Waals surface area contributed by atoms with E-state index in [0.29, 0.717) is 11.9 Å². The molecule has 1 heterocycles. The number of aryl methyl sites for hydroxylation is 1. The van der Waals surface area contributed by atoms with Crippen LogP contribution in [0.3, 0.4) is 0 Å². The van der Waals surface area contributed by atoms with Crippen molar-refractivity contribution < 1.29 is 4.79 Å². The summed E-state index contributed by atoms with van der Waals surface area (Å²) < 4.78 is 2.12. The van der Waals surface area contributed by atoms with Gasteiger partial charge in [-0.3, -0.25) is 4.79 Å². The summed E-state index contributed by atoms with van der Waals surface area (Å²) in [7, 11) is 2.06. The van der Waals surface area contributed by atoms with Crippen molar-refractivity contribution in [1.82, 2.24) is 9.47 Å². The molecule has 1 aromatic rings. The Bertz CT molecular complexity index is 448. The smallest absolute Gasteiger partial charge is 0.223 e. The first kappa shape index (κ1) is 17.1. The minimum atomic E-state index is 0.359. The van der Waals surface area contributed by atoms with Gasteiger partial charge >= 0.3 is 0 Å². The normalized spacial score (nSPS) is 14.3. The summed E-state index contributed by atoms with van der Waals surface area (Å²) in [6.45, 7) is 3.03. The van der Waals surface area contributed by atoms with Gasteiger partial charge in [0, 0.05) is 31.4 Å². The first-order valence-electron chi connectivity index (χ1n) is 9.12. The summed E-state index contributed by atoms with van der Waals surface area (Å²) in [5.41, 5.74) is 1.24. The SMILES string of the molecule is CCCCCCCCCC(=O)N(Cc1cccn1C)C1CC1. The van der Waals surface area contributed by atoms with Gasteiger partial charge in [0.1, 0.15) is 0 Å². The van der Waals surface area contributed by atoms with E-state index in [2.05, 4.69) is 41.8 Å². The van der Waals surface area contributed by atoms with Crippen molar-refractivity contribution in [2.24, 2.45) is 7.05 Å². The molecule has 124 valence electrons. The molecule has 0 spiro atoms. The Morgan fingerprint density at radius 2 is 1.86 bits per heavy atom. The van der Waals surface area contributed by atoms with E-state index >= 15 is 0 Å². The van der Waals surface area contributed by atoms with Gasteiger partial charge in [-0.1, -0.05) is 45.4 Å². The van der Waals surface area contributed by atoms with Crippen LogP contribution < -0.4 is 0 Å². The molecule has 0 atom stereocenters. The maximum atomic E-state index is 12.5. The molecule has 0 N–H and O–H groups in total. The van der Waals surface area contributed by atoms with Crippen LogP contribution in [-0.4, -0.2) is 21.4 Å². The van der Waals surface area contributed by atoms with Crippen LogP contribution in [0.2, 0.25) is 0 Å². The lowest BCUT2D eigenvalue weighted by atomic mass is 10.1. The van der Waals surface area contributed by atoms with Crippen molar-refractivity contribution in [1.29, 1.82) is 0 Å². The molecule has 0 aromatic carbocycles. The molecular formula is C19H32N2O. The standard InChI is InChI=1S/C19H32N2O/c1-3-4-5-6-7-8-9-12-19(22)21(17-13-14-17)16-18-11-10-15-20(18)2/h10-11,15,17H,3-9,12-14,16H2,1-2H3. The number of carbonyl (C=O) groups excluding carboxylic acids is 1. The largest absolute Gasteiger partial charge is 0.353 e. The van der Waals surface area contributed by atoms with E-state index in [-0.39, 0.29) is 0 Å². The number of aromatic nitrogens is 1. The Balaban J connectivity index is 1.68. The number of hydrogen-bond acceptors (Lipinski definition) is 1. The van der Waals surface area contributed by atoms with Gasteiger partial charge in [-0.15, -0.1) is 0 Å². The maximum absolute atomic E-state index is 12.5. The minimum absolute atomic E-state index is 0.359. The zero-order valence-corrected chi connectivity index (χ0v) is 14.4. The van der Waals surface area contributed by atoms with E-state index in [1.54, 1.807) is 0 Å². The van der Waals surface area contributed by atoms with E-state index in [4.69, 9.17) is 0 Å². The van der Waals surface area contributed by atoms with Crippen molar-refractivity contribution in [3.05, 3.63) is 24.0 Å². The maximum Gasteiger partial charge on any atom is 0.223 e. The van der Waals surface area contributed by atoms with Crippen LogP contribution in [0.15, 0.2) is 18.3 Å². The van der Waals surface area contributed by atoms with Crippen molar-refractivity contribution in [2.75, 3.05) is 0 Å². The highest BCUT2D eigenvalue weighted by atomic mass is 16.2. The summed E-state index contributed by atoms with van der Waals surface area (Å²) in [5.74, 6) is 0.359. The summed E-state index contributed by atoms with van der Waals surface area (Å²) in [6, 6.07) is 4.68. The molecule has 1 fully saturated rings. The Labute approximate surface area is 135 Å².